The van der Waals surface area contributed by atoms with Crippen LogP contribution in [-0.4, -0.2) is 18.1 Å². The van der Waals surface area contributed by atoms with Crippen LogP contribution in [0.5, 0.6) is 17.4 Å². The van der Waals surface area contributed by atoms with E-state index in [2.05, 4.69) is 4.98 Å². The van der Waals surface area contributed by atoms with E-state index in [4.69, 9.17) is 14.2 Å². The smallest absolute Gasteiger partial charge is 0.308 e. The number of esters is 1. The number of hydrogen-bond donors (Lipinski definition) is 0. The topological polar surface area (TPSA) is 57.7 Å². The number of carbonyl (C=O) groups is 1. The van der Waals surface area contributed by atoms with Crippen LogP contribution in [0.15, 0.2) is 35.7 Å². The van der Waals surface area contributed by atoms with E-state index in [1.165, 1.54) is 18.3 Å². The number of thiophene rings is 1. The van der Waals surface area contributed by atoms with Crippen molar-refractivity contribution in [3.05, 3.63) is 47.0 Å². The largest absolute Gasteiger partial charge is 0.489 e. The van der Waals surface area contributed by atoms with Crippen LogP contribution < -0.4 is 14.2 Å². The van der Waals surface area contributed by atoms with Crippen molar-refractivity contribution in [1.29, 1.82) is 0 Å². The van der Waals surface area contributed by atoms with Crippen molar-refractivity contribution in [3.8, 4) is 17.4 Å². The molecule has 0 N–H and O–H groups in total. The van der Waals surface area contributed by atoms with Gasteiger partial charge in [-0.05, 0) is 31.2 Å². The number of methoxy groups -OCH3 is 1. The summed E-state index contributed by atoms with van der Waals surface area (Å²) in [6.45, 7) is 3.75. The Morgan fingerprint density at radius 2 is 2.08 bits per heavy atom. The number of fused-ring (bicyclic) bond motifs is 1. The molecule has 2 heterocycles. The lowest BCUT2D eigenvalue weighted by molar-refractivity contribution is -0.131. The molecule has 0 unspecified atom stereocenters. The van der Waals surface area contributed by atoms with Crippen LogP contribution in [0.4, 0.5) is 0 Å². The number of aryl methyl sites for hydroxylation is 1. The SMILES string of the molecule is COc1ccc(COc2ccc3c(OC(C)=O)csc3c2)c(C)n1. The Balaban J connectivity index is 1.75. The van der Waals surface area contributed by atoms with Gasteiger partial charge in [0.2, 0.25) is 5.88 Å². The second kappa shape index (κ2) is 6.88. The van der Waals surface area contributed by atoms with Gasteiger partial charge in [0.15, 0.2) is 0 Å². The molecule has 3 aromatic rings. The molecule has 0 saturated heterocycles. The molecule has 0 bridgehead atoms. The van der Waals surface area contributed by atoms with E-state index in [1.54, 1.807) is 7.11 Å². The van der Waals surface area contributed by atoms with Crippen LogP contribution >= 0.6 is 11.3 Å². The molecule has 0 fully saturated rings. The van der Waals surface area contributed by atoms with Crippen molar-refractivity contribution in [2.24, 2.45) is 0 Å². The molecule has 0 aliphatic heterocycles. The van der Waals surface area contributed by atoms with Crippen molar-refractivity contribution < 1.29 is 19.0 Å². The maximum atomic E-state index is 11.1. The number of carbonyl (C=O) groups excluding carboxylic acids is 1. The standard InChI is InChI=1S/C18H17NO4S/c1-11-13(4-7-18(19-11)21-3)9-22-14-5-6-15-16(23-12(2)20)10-24-17(15)8-14/h4-8,10H,9H2,1-3H3. The van der Waals surface area contributed by atoms with Crippen molar-refractivity contribution in [2.45, 2.75) is 20.5 Å². The number of ether oxygens (including phenoxy) is 3. The normalized spacial score (nSPS) is 10.6. The van der Waals surface area contributed by atoms with Crippen molar-refractivity contribution in [2.75, 3.05) is 7.11 Å². The van der Waals surface area contributed by atoms with Gasteiger partial charge >= 0.3 is 5.97 Å². The average Bonchev–Trinajstić information content (AvgIpc) is 2.95. The fourth-order valence-corrected chi connectivity index (χ4v) is 3.19. The summed E-state index contributed by atoms with van der Waals surface area (Å²) < 4.78 is 17.2. The van der Waals surface area contributed by atoms with E-state index in [0.717, 1.165) is 27.1 Å². The third-order valence-corrected chi connectivity index (χ3v) is 4.46. The van der Waals surface area contributed by atoms with Crippen molar-refractivity contribution in [3.63, 3.8) is 0 Å². The molecule has 0 aliphatic rings. The number of aromatic nitrogens is 1. The number of nitrogens with zero attached hydrogens (tertiary/aromatic N) is 1. The van der Waals surface area contributed by atoms with E-state index < -0.39 is 0 Å². The summed E-state index contributed by atoms with van der Waals surface area (Å²) in [6, 6.07) is 9.48. The molecule has 6 heteroatoms. The molecular formula is C18H17NO4S. The highest BCUT2D eigenvalue weighted by molar-refractivity contribution is 7.17. The van der Waals surface area contributed by atoms with Crippen LogP contribution in [0.25, 0.3) is 10.1 Å². The zero-order chi connectivity index (χ0) is 17.1. The van der Waals surface area contributed by atoms with Gasteiger partial charge in [-0.1, -0.05) is 0 Å². The molecule has 5 nitrogen and oxygen atoms in total. The molecule has 0 aliphatic carbocycles. The van der Waals surface area contributed by atoms with Gasteiger partial charge in [0.05, 0.1) is 7.11 Å². The number of benzene rings is 1. The van der Waals surface area contributed by atoms with Crippen LogP contribution in [0.2, 0.25) is 0 Å². The summed E-state index contributed by atoms with van der Waals surface area (Å²) in [6.07, 6.45) is 0. The van der Waals surface area contributed by atoms with Crippen LogP contribution in [0.1, 0.15) is 18.2 Å². The Morgan fingerprint density at radius 3 is 2.79 bits per heavy atom. The highest BCUT2D eigenvalue weighted by Crippen LogP contribution is 2.35. The maximum absolute atomic E-state index is 11.1. The molecule has 0 atom stereocenters. The Bertz CT molecular complexity index is 888. The van der Waals surface area contributed by atoms with E-state index in [0.29, 0.717) is 18.2 Å². The first kappa shape index (κ1) is 16.3. The predicted molar refractivity (Wildman–Crippen MR) is 93.0 cm³/mol. The molecule has 24 heavy (non-hydrogen) atoms. The summed E-state index contributed by atoms with van der Waals surface area (Å²) in [5, 5.41) is 2.73. The second-order valence-electron chi connectivity index (χ2n) is 5.24. The average molecular weight is 343 g/mol. The summed E-state index contributed by atoms with van der Waals surface area (Å²) in [5.41, 5.74) is 1.88. The third kappa shape index (κ3) is 3.49. The summed E-state index contributed by atoms with van der Waals surface area (Å²) in [7, 11) is 1.60. The van der Waals surface area contributed by atoms with Crippen LogP contribution in [-0.2, 0) is 11.4 Å². The minimum absolute atomic E-state index is 0.322. The minimum Gasteiger partial charge on any atom is -0.489 e. The van der Waals surface area contributed by atoms with E-state index >= 15 is 0 Å². The first-order chi connectivity index (χ1) is 11.6. The van der Waals surface area contributed by atoms with Crippen LogP contribution in [0.3, 0.4) is 0 Å². The lowest BCUT2D eigenvalue weighted by Gasteiger charge is -2.09. The Labute approximate surface area is 143 Å². The monoisotopic (exact) mass is 343 g/mol. The summed E-state index contributed by atoms with van der Waals surface area (Å²) in [5.74, 6) is 1.62. The van der Waals surface area contributed by atoms with Crippen molar-refractivity contribution >= 4 is 27.4 Å². The van der Waals surface area contributed by atoms with Gasteiger partial charge in [0.25, 0.3) is 0 Å². The molecule has 3 rings (SSSR count). The Kier molecular flexibility index (Phi) is 4.66. The molecule has 1 aromatic carbocycles. The van der Waals surface area contributed by atoms with Gasteiger partial charge in [-0.2, -0.15) is 0 Å². The maximum Gasteiger partial charge on any atom is 0.308 e. The van der Waals surface area contributed by atoms with Crippen molar-refractivity contribution in [1.82, 2.24) is 4.98 Å². The molecular weight excluding hydrogens is 326 g/mol. The summed E-state index contributed by atoms with van der Waals surface area (Å²) in [4.78, 5) is 15.4. The quantitative estimate of drug-likeness (QED) is 0.652. The van der Waals surface area contributed by atoms with Gasteiger partial charge in [-0.3, -0.25) is 4.79 Å². The lowest BCUT2D eigenvalue weighted by atomic mass is 10.2. The minimum atomic E-state index is -0.322. The first-order valence-electron chi connectivity index (χ1n) is 7.40. The highest BCUT2D eigenvalue weighted by atomic mass is 32.1. The predicted octanol–water partition coefficient (Wildman–Crippen LogP) is 4.12. The first-order valence-corrected chi connectivity index (χ1v) is 8.28. The molecule has 0 saturated carbocycles. The Morgan fingerprint density at radius 1 is 1.25 bits per heavy atom. The van der Waals surface area contributed by atoms with Gasteiger partial charge in [-0.15, -0.1) is 11.3 Å². The zero-order valence-electron chi connectivity index (χ0n) is 13.7. The number of pyridine rings is 1. The summed E-state index contributed by atoms with van der Waals surface area (Å²) >= 11 is 1.51. The van der Waals surface area contributed by atoms with Gasteiger partial charge in [0, 0.05) is 39.7 Å². The van der Waals surface area contributed by atoms with Gasteiger partial charge in [0.1, 0.15) is 18.1 Å². The third-order valence-electron chi connectivity index (χ3n) is 3.54. The van der Waals surface area contributed by atoms with Crippen LogP contribution in [0, 0.1) is 6.92 Å². The van der Waals surface area contributed by atoms with E-state index in [1.807, 2.05) is 42.6 Å². The molecule has 0 amide bonds. The van der Waals surface area contributed by atoms with Gasteiger partial charge in [-0.25, -0.2) is 4.98 Å². The van der Waals surface area contributed by atoms with Gasteiger partial charge < -0.3 is 14.2 Å². The lowest BCUT2D eigenvalue weighted by Crippen LogP contribution is -2.01. The molecule has 2 aromatic heterocycles. The molecule has 0 spiro atoms. The fraction of sp³-hybridized carbons (Fsp3) is 0.222. The second-order valence-corrected chi connectivity index (χ2v) is 6.15. The molecule has 124 valence electrons. The Hall–Kier alpha value is -2.60. The number of hydrogen-bond acceptors (Lipinski definition) is 6. The van der Waals surface area contributed by atoms with E-state index in [9.17, 15) is 4.79 Å². The fourth-order valence-electron chi connectivity index (χ4n) is 2.30. The zero-order valence-corrected chi connectivity index (χ0v) is 14.5. The highest BCUT2D eigenvalue weighted by Gasteiger charge is 2.09. The number of rotatable bonds is 5. The molecule has 0 radical (unpaired) electrons. The van der Waals surface area contributed by atoms with E-state index in [-0.39, 0.29) is 5.97 Å².